The third-order valence-electron chi connectivity index (χ3n) is 3.60. The van der Waals surface area contributed by atoms with Gasteiger partial charge in [-0.1, -0.05) is 38.3 Å². The van der Waals surface area contributed by atoms with Crippen LogP contribution in [0.5, 0.6) is 0 Å². The average Bonchev–Trinajstić information content (AvgIpc) is 3.23. The van der Waals surface area contributed by atoms with Crippen molar-refractivity contribution in [2.75, 3.05) is 32.4 Å². The predicted octanol–water partition coefficient (Wildman–Crippen LogP) is 6.41. The number of thiophene rings is 1. The molecular weight excluding hydrogens is 473 g/mol. The number of nitrogens with zero attached hydrogens (tertiary/aromatic N) is 4. The lowest BCUT2D eigenvalue weighted by Crippen LogP contribution is -2.39. The minimum atomic E-state index is -0.309. The van der Waals surface area contributed by atoms with Crippen LogP contribution < -0.4 is 10.7 Å². The van der Waals surface area contributed by atoms with Gasteiger partial charge in [0.05, 0.1) is 5.56 Å². The van der Waals surface area contributed by atoms with Crippen LogP contribution in [0.2, 0.25) is 0 Å². The Morgan fingerprint density at radius 2 is 1.94 bits per heavy atom. The molecule has 0 saturated carbocycles. The van der Waals surface area contributed by atoms with Gasteiger partial charge in [-0.15, -0.1) is 27.6 Å². The normalized spacial score (nSPS) is 13.8. The molecule has 2 N–H and O–H groups in total. The average molecular weight is 502 g/mol. The molecule has 0 aliphatic carbocycles. The summed E-state index contributed by atoms with van der Waals surface area (Å²) >= 11 is 10.7. The molecule has 0 saturated heterocycles. The standard InChI is InChI=1S/C16H17ClFN5S2.C3H6S.C2H6/c1-21(2)14-12-7-8-24-16(12)23(22(3)17)15(20-14)13(19)25-11-6-4-5-10(18)9-11;1-3-4-2;1-2/h4-9H,19H2,1-3H3;3H,1H2,2H3;1-2H3/b15-13+;;. The number of thioether (sulfide) groups is 2. The summed E-state index contributed by atoms with van der Waals surface area (Å²) in [5.74, 6) is 0.991. The highest BCUT2D eigenvalue weighted by Gasteiger charge is 2.30. The van der Waals surface area contributed by atoms with Gasteiger partial charge in [-0.05, 0) is 41.3 Å². The Balaban J connectivity index is 0.000000720. The number of aliphatic imine (C=N–C) groups is 1. The van der Waals surface area contributed by atoms with Gasteiger partial charge in [0.25, 0.3) is 0 Å². The number of fused-ring (bicyclic) bond motifs is 1. The molecule has 2 heterocycles. The Bertz CT molecular complexity index is 912. The molecule has 5 nitrogen and oxygen atoms in total. The smallest absolute Gasteiger partial charge is 0.182 e. The van der Waals surface area contributed by atoms with Gasteiger partial charge in [-0.2, -0.15) is 0 Å². The molecule has 1 aliphatic rings. The van der Waals surface area contributed by atoms with Crippen LogP contribution in [0.15, 0.2) is 68.4 Å². The number of hydrazine groups is 1. The molecule has 0 spiro atoms. The van der Waals surface area contributed by atoms with Gasteiger partial charge in [-0.3, -0.25) is 0 Å². The van der Waals surface area contributed by atoms with Gasteiger partial charge in [0.2, 0.25) is 0 Å². The number of rotatable bonds is 4. The molecule has 1 aromatic carbocycles. The second-order valence-electron chi connectivity index (χ2n) is 5.88. The van der Waals surface area contributed by atoms with E-state index >= 15 is 0 Å². The van der Waals surface area contributed by atoms with E-state index in [9.17, 15) is 4.39 Å². The third kappa shape index (κ3) is 7.47. The van der Waals surface area contributed by atoms with E-state index in [0.717, 1.165) is 16.4 Å². The molecular formula is C21H29ClFN5S3. The number of hydrogen-bond acceptors (Lipinski definition) is 8. The van der Waals surface area contributed by atoms with Crippen LogP contribution in [0, 0.1) is 5.82 Å². The molecule has 3 rings (SSSR count). The molecule has 0 atom stereocenters. The summed E-state index contributed by atoms with van der Waals surface area (Å²) in [6.07, 6.45) is 1.98. The molecule has 0 bridgehead atoms. The van der Waals surface area contributed by atoms with Crippen molar-refractivity contribution < 1.29 is 4.39 Å². The van der Waals surface area contributed by atoms with E-state index in [0.29, 0.717) is 15.7 Å². The highest BCUT2D eigenvalue weighted by atomic mass is 35.5. The van der Waals surface area contributed by atoms with Crippen molar-refractivity contribution in [2.45, 2.75) is 18.7 Å². The van der Waals surface area contributed by atoms with Crippen LogP contribution in [0.4, 0.5) is 9.39 Å². The molecule has 1 aromatic heterocycles. The molecule has 0 radical (unpaired) electrons. The topological polar surface area (TPSA) is 48.1 Å². The Morgan fingerprint density at radius 1 is 1.29 bits per heavy atom. The Labute approximate surface area is 202 Å². The van der Waals surface area contributed by atoms with Gasteiger partial charge in [0.1, 0.15) is 21.7 Å². The molecule has 0 amide bonds. The lowest BCUT2D eigenvalue weighted by Gasteiger charge is -2.34. The second kappa shape index (κ2) is 13.7. The minimum absolute atomic E-state index is 0.309. The molecule has 31 heavy (non-hydrogen) atoms. The van der Waals surface area contributed by atoms with Crippen LogP contribution in [-0.2, 0) is 0 Å². The molecule has 0 fully saturated rings. The first-order chi connectivity index (χ1) is 14.8. The van der Waals surface area contributed by atoms with Crippen molar-refractivity contribution in [1.29, 1.82) is 0 Å². The van der Waals surface area contributed by atoms with Crippen molar-refractivity contribution in [3.8, 4) is 0 Å². The molecule has 10 heteroatoms. The zero-order valence-corrected chi connectivity index (χ0v) is 21.8. The van der Waals surface area contributed by atoms with Gasteiger partial charge in [0.15, 0.2) is 5.82 Å². The van der Waals surface area contributed by atoms with Crippen LogP contribution in [0.25, 0.3) is 0 Å². The van der Waals surface area contributed by atoms with Crippen molar-refractivity contribution in [1.82, 2.24) is 9.43 Å². The number of hydrogen-bond donors (Lipinski definition) is 1. The summed E-state index contributed by atoms with van der Waals surface area (Å²) in [7, 11) is 5.56. The highest BCUT2D eigenvalue weighted by Crippen LogP contribution is 2.39. The highest BCUT2D eigenvalue weighted by molar-refractivity contribution is 8.03. The van der Waals surface area contributed by atoms with Crippen molar-refractivity contribution in [3.63, 3.8) is 0 Å². The number of anilines is 1. The summed E-state index contributed by atoms with van der Waals surface area (Å²) in [6.45, 7) is 7.44. The maximum atomic E-state index is 13.4. The quantitative estimate of drug-likeness (QED) is 0.385. The van der Waals surface area contributed by atoms with Gasteiger partial charge in [0, 0.05) is 37.8 Å². The fourth-order valence-corrected chi connectivity index (χ4v) is 4.31. The molecule has 2 aromatic rings. The summed E-state index contributed by atoms with van der Waals surface area (Å²) in [6, 6.07) is 8.27. The van der Waals surface area contributed by atoms with Crippen molar-refractivity contribution >= 4 is 57.5 Å². The first-order valence-corrected chi connectivity index (χ1v) is 12.7. The van der Waals surface area contributed by atoms with Crippen LogP contribution >= 0.6 is 46.6 Å². The zero-order chi connectivity index (χ0) is 23.6. The monoisotopic (exact) mass is 501 g/mol. The first-order valence-electron chi connectivity index (χ1n) is 9.40. The lowest BCUT2D eigenvalue weighted by atomic mass is 10.2. The summed E-state index contributed by atoms with van der Waals surface area (Å²) in [5, 5.41) is 6.87. The minimum Gasteiger partial charge on any atom is -0.390 e. The number of halogens is 2. The van der Waals surface area contributed by atoms with Crippen molar-refractivity contribution in [3.05, 3.63) is 69.9 Å². The van der Waals surface area contributed by atoms with Crippen LogP contribution in [0.3, 0.4) is 0 Å². The van der Waals surface area contributed by atoms with Gasteiger partial charge >= 0.3 is 0 Å². The van der Waals surface area contributed by atoms with E-state index in [1.807, 2.05) is 50.5 Å². The Kier molecular flexibility index (Phi) is 12.1. The predicted molar refractivity (Wildman–Crippen MR) is 139 cm³/mol. The zero-order valence-electron chi connectivity index (χ0n) is 18.6. The molecule has 0 unspecified atom stereocenters. The SMILES string of the molecule is C=CSC.CC.CN(C)C1=N/C(=C(/N)Sc2cccc(F)c2)N(N(C)Cl)c2sccc21. The maximum absolute atomic E-state index is 13.4. The van der Waals surface area contributed by atoms with E-state index < -0.39 is 0 Å². The fourth-order valence-electron chi connectivity index (χ4n) is 2.40. The van der Waals surface area contributed by atoms with E-state index in [4.69, 9.17) is 22.5 Å². The number of nitrogens with two attached hydrogens (primary N) is 1. The Morgan fingerprint density at radius 3 is 2.45 bits per heavy atom. The van der Waals surface area contributed by atoms with Gasteiger partial charge < -0.3 is 10.6 Å². The molecule has 170 valence electrons. The third-order valence-corrected chi connectivity index (χ3v) is 5.87. The van der Waals surface area contributed by atoms with Crippen LogP contribution in [0.1, 0.15) is 19.4 Å². The summed E-state index contributed by atoms with van der Waals surface area (Å²) < 4.78 is 14.9. The first kappa shape index (κ1) is 27.4. The lowest BCUT2D eigenvalue weighted by molar-refractivity contribution is 0.528. The van der Waals surface area contributed by atoms with E-state index in [2.05, 4.69) is 6.58 Å². The van der Waals surface area contributed by atoms with Crippen molar-refractivity contribution in [2.24, 2.45) is 10.7 Å². The molecule has 1 aliphatic heterocycles. The second-order valence-corrected chi connectivity index (χ2v) is 9.18. The van der Waals surface area contributed by atoms with Crippen LogP contribution in [-0.4, -0.2) is 42.7 Å². The number of amidine groups is 1. The van der Waals surface area contributed by atoms with E-state index in [-0.39, 0.29) is 5.82 Å². The van der Waals surface area contributed by atoms with E-state index in [1.54, 1.807) is 52.7 Å². The summed E-state index contributed by atoms with van der Waals surface area (Å²) in [4.78, 5) is 7.33. The van der Waals surface area contributed by atoms with E-state index in [1.165, 1.54) is 28.4 Å². The number of benzene rings is 1. The summed E-state index contributed by atoms with van der Waals surface area (Å²) in [5.41, 5.74) is 7.30. The fraction of sp³-hybridized carbons (Fsp3) is 0.286. The Hall–Kier alpha value is -1.65. The maximum Gasteiger partial charge on any atom is 0.182 e. The van der Waals surface area contributed by atoms with Gasteiger partial charge in [-0.25, -0.2) is 14.4 Å². The largest absolute Gasteiger partial charge is 0.390 e.